The van der Waals surface area contributed by atoms with E-state index in [4.69, 9.17) is 4.42 Å². The third kappa shape index (κ3) is 4.45. The number of carbonyl (C=O) groups excluding carboxylic acids is 1. The number of aromatic amines is 1. The van der Waals surface area contributed by atoms with E-state index < -0.39 is 0 Å². The number of rotatable bonds is 7. The predicted octanol–water partition coefficient (Wildman–Crippen LogP) is 3.05. The van der Waals surface area contributed by atoms with Crippen LogP contribution in [-0.2, 0) is 6.42 Å². The highest BCUT2D eigenvalue weighted by Crippen LogP contribution is 2.20. The summed E-state index contributed by atoms with van der Waals surface area (Å²) in [5, 5.41) is 4.22. The number of piperazine rings is 1. The molecule has 154 valence electrons. The molecule has 2 aromatic heterocycles. The molecule has 2 N–H and O–H groups in total. The molecule has 1 aliphatic rings. The number of anilines is 1. The fourth-order valence-electron chi connectivity index (χ4n) is 3.97. The van der Waals surface area contributed by atoms with Crippen molar-refractivity contribution in [1.82, 2.24) is 20.2 Å². The van der Waals surface area contributed by atoms with Gasteiger partial charge in [-0.1, -0.05) is 25.1 Å². The number of H-pyrrole nitrogens is 1. The Morgan fingerprint density at radius 3 is 2.86 bits per heavy atom. The van der Waals surface area contributed by atoms with Gasteiger partial charge < -0.3 is 19.6 Å². The number of nitrogens with zero attached hydrogens (tertiary/aromatic N) is 3. The van der Waals surface area contributed by atoms with E-state index in [0.717, 1.165) is 44.7 Å². The number of oxazole rings is 1. The van der Waals surface area contributed by atoms with Crippen LogP contribution in [0.15, 0.2) is 41.1 Å². The molecule has 0 aliphatic carbocycles. The number of fused-ring (bicyclic) bond motifs is 1. The Bertz CT molecular complexity index is 955. The Labute approximate surface area is 171 Å². The molecule has 1 aromatic carbocycles. The molecule has 3 heterocycles. The lowest BCUT2D eigenvalue weighted by atomic mass is 10.1. The minimum atomic E-state index is -0.222. The smallest absolute Gasteiger partial charge is 0.298 e. The fraction of sp³-hybridized carbons (Fsp3) is 0.455. The van der Waals surface area contributed by atoms with Crippen LogP contribution < -0.4 is 10.2 Å². The van der Waals surface area contributed by atoms with Gasteiger partial charge in [-0.15, -0.1) is 0 Å². The summed E-state index contributed by atoms with van der Waals surface area (Å²) in [5.74, 6) is 0.0440. The molecule has 0 spiro atoms. The molecule has 0 saturated carbocycles. The third-order valence-corrected chi connectivity index (χ3v) is 5.48. The Hall–Kier alpha value is -2.80. The number of hydrogen-bond acceptors (Lipinski definition) is 5. The summed E-state index contributed by atoms with van der Waals surface area (Å²) in [6.45, 7) is 9.08. The lowest BCUT2D eigenvalue weighted by Crippen LogP contribution is -2.46. The molecule has 1 amide bonds. The Kier molecular flexibility index (Phi) is 5.85. The summed E-state index contributed by atoms with van der Waals surface area (Å²) in [7, 11) is 0. The van der Waals surface area contributed by atoms with Gasteiger partial charge in [-0.2, -0.15) is 0 Å². The second-order valence-corrected chi connectivity index (χ2v) is 7.77. The molecule has 1 fully saturated rings. The van der Waals surface area contributed by atoms with Gasteiger partial charge in [-0.3, -0.25) is 9.69 Å². The first kappa shape index (κ1) is 19.5. The van der Waals surface area contributed by atoms with Gasteiger partial charge in [-0.25, -0.2) is 4.98 Å². The standard InChI is InChI=1S/C22H29N5O2/c1-3-8-26-9-11-27(12-10-26)22-24-15-20(29-22)21(28)25-16(2)13-17-14-23-19-7-5-4-6-18(17)19/h4-7,14-16,23H,3,8-13H2,1-2H3,(H,25,28). The highest BCUT2D eigenvalue weighted by atomic mass is 16.4. The first-order valence-electron chi connectivity index (χ1n) is 10.4. The van der Waals surface area contributed by atoms with Crippen LogP contribution in [0, 0.1) is 0 Å². The number of para-hydroxylation sites is 1. The average Bonchev–Trinajstić information content (AvgIpc) is 3.37. The van der Waals surface area contributed by atoms with Crippen molar-refractivity contribution in [3.8, 4) is 0 Å². The lowest BCUT2D eigenvalue weighted by molar-refractivity contribution is 0.0912. The molecule has 1 atom stereocenters. The molecule has 7 nitrogen and oxygen atoms in total. The molecular weight excluding hydrogens is 366 g/mol. The number of carbonyl (C=O) groups is 1. The molecule has 7 heteroatoms. The topological polar surface area (TPSA) is 77.4 Å². The summed E-state index contributed by atoms with van der Waals surface area (Å²) >= 11 is 0. The van der Waals surface area contributed by atoms with E-state index in [-0.39, 0.29) is 17.7 Å². The van der Waals surface area contributed by atoms with Crippen LogP contribution in [0.4, 0.5) is 6.01 Å². The van der Waals surface area contributed by atoms with Gasteiger partial charge in [0.15, 0.2) is 0 Å². The van der Waals surface area contributed by atoms with Crippen molar-refractivity contribution in [2.75, 3.05) is 37.6 Å². The van der Waals surface area contributed by atoms with Crippen LogP contribution >= 0.6 is 0 Å². The van der Waals surface area contributed by atoms with Crippen LogP contribution in [0.5, 0.6) is 0 Å². The summed E-state index contributed by atoms with van der Waals surface area (Å²) in [6.07, 6.45) is 5.45. The van der Waals surface area contributed by atoms with E-state index in [9.17, 15) is 4.79 Å². The maximum Gasteiger partial charge on any atom is 0.298 e. The normalized spacial score (nSPS) is 16.3. The van der Waals surface area contributed by atoms with Gasteiger partial charge in [0.2, 0.25) is 5.76 Å². The highest BCUT2D eigenvalue weighted by molar-refractivity contribution is 5.91. The van der Waals surface area contributed by atoms with Crippen molar-refractivity contribution in [3.63, 3.8) is 0 Å². The van der Waals surface area contributed by atoms with Gasteiger partial charge in [-0.05, 0) is 37.9 Å². The minimum Gasteiger partial charge on any atom is -0.418 e. The maximum absolute atomic E-state index is 12.6. The largest absolute Gasteiger partial charge is 0.418 e. The van der Waals surface area contributed by atoms with Crippen LogP contribution in [0.25, 0.3) is 10.9 Å². The second-order valence-electron chi connectivity index (χ2n) is 7.77. The summed E-state index contributed by atoms with van der Waals surface area (Å²) in [5.41, 5.74) is 2.30. The van der Waals surface area contributed by atoms with Crippen LogP contribution in [-0.4, -0.2) is 59.5 Å². The second kappa shape index (κ2) is 8.69. The van der Waals surface area contributed by atoms with Gasteiger partial charge >= 0.3 is 0 Å². The van der Waals surface area contributed by atoms with Crippen LogP contribution in [0.1, 0.15) is 36.4 Å². The zero-order chi connectivity index (χ0) is 20.2. The fourth-order valence-corrected chi connectivity index (χ4v) is 3.97. The number of aromatic nitrogens is 2. The van der Waals surface area contributed by atoms with Crippen molar-refractivity contribution in [3.05, 3.63) is 48.0 Å². The first-order chi connectivity index (χ1) is 14.1. The van der Waals surface area contributed by atoms with Crippen molar-refractivity contribution in [2.24, 2.45) is 0 Å². The Morgan fingerprint density at radius 2 is 2.07 bits per heavy atom. The van der Waals surface area contributed by atoms with E-state index >= 15 is 0 Å². The van der Waals surface area contributed by atoms with Crippen molar-refractivity contribution >= 4 is 22.8 Å². The summed E-state index contributed by atoms with van der Waals surface area (Å²) in [4.78, 5) is 24.8. The van der Waals surface area contributed by atoms with E-state index in [1.165, 1.54) is 23.6 Å². The quantitative estimate of drug-likeness (QED) is 0.643. The molecule has 0 bridgehead atoms. The SMILES string of the molecule is CCCN1CCN(c2ncc(C(=O)NC(C)Cc3c[nH]c4ccccc34)o2)CC1. The lowest BCUT2D eigenvalue weighted by Gasteiger charge is -2.33. The molecule has 29 heavy (non-hydrogen) atoms. The molecule has 1 saturated heterocycles. The van der Waals surface area contributed by atoms with Gasteiger partial charge in [0, 0.05) is 49.3 Å². The third-order valence-electron chi connectivity index (χ3n) is 5.48. The Balaban J connectivity index is 1.33. The number of benzene rings is 1. The molecular formula is C22H29N5O2. The van der Waals surface area contributed by atoms with E-state index in [2.05, 4.69) is 44.1 Å². The Morgan fingerprint density at radius 1 is 1.28 bits per heavy atom. The molecule has 1 unspecified atom stereocenters. The van der Waals surface area contributed by atoms with Gasteiger partial charge in [0.05, 0.1) is 6.20 Å². The summed E-state index contributed by atoms with van der Waals surface area (Å²) < 4.78 is 5.76. The zero-order valence-corrected chi connectivity index (χ0v) is 17.1. The zero-order valence-electron chi connectivity index (χ0n) is 17.1. The monoisotopic (exact) mass is 395 g/mol. The minimum absolute atomic E-state index is 0.0205. The van der Waals surface area contributed by atoms with Crippen LogP contribution in [0.3, 0.4) is 0 Å². The van der Waals surface area contributed by atoms with Gasteiger partial charge in [0.25, 0.3) is 11.9 Å². The van der Waals surface area contributed by atoms with Crippen LogP contribution in [0.2, 0.25) is 0 Å². The predicted molar refractivity (Wildman–Crippen MR) is 114 cm³/mol. The maximum atomic E-state index is 12.6. The van der Waals surface area contributed by atoms with E-state index in [1.807, 2.05) is 25.3 Å². The van der Waals surface area contributed by atoms with E-state index in [0.29, 0.717) is 6.01 Å². The highest BCUT2D eigenvalue weighted by Gasteiger charge is 2.22. The number of hydrogen-bond donors (Lipinski definition) is 2. The molecule has 4 rings (SSSR count). The van der Waals surface area contributed by atoms with Gasteiger partial charge in [0.1, 0.15) is 0 Å². The molecule has 0 radical (unpaired) electrons. The molecule has 1 aliphatic heterocycles. The molecule has 3 aromatic rings. The number of nitrogens with one attached hydrogen (secondary N) is 2. The average molecular weight is 396 g/mol. The summed E-state index contributed by atoms with van der Waals surface area (Å²) in [6, 6.07) is 8.71. The van der Waals surface area contributed by atoms with Crippen molar-refractivity contribution < 1.29 is 9.21 Å². The van der Waals surface area contributed by atoms with Crippen molar-refractivity contribution in [1.29, 1.82) is 0 Å². The van der Waals surface area contributed by atoms with E-state index in [1.54, 1.807) is 0 Å². The number of amides is 1. The first-order valence-corrected chi connectivity index (χ1v) is 10.4. The van der Waals surface area contributed by atoms with Crippen molar-refractivity contribution in [2.45, 2.75) is 32.7 Å².